The zero-order valence-corrected chi connectivity index (χ0v) is 12.5. The molecule has 23 heavy (non-hydrogen) atoms. The van der Waals surface area contributed by atoms with Crippen molar-refractivity contribution >= 4 is 28.8 Å². The van der Waals surface area contributed by atoms with Crippen LogP contribution in [0, 0.1) is 0 Å². The van der Waals surface area contributed by atoms with Gasteiger partial charge in [0.2, 0.25) is 0 Å². The summed E-state index contributed by atoms with van der Waals surface area (Å²) in [6.45, 7) is 0. The van der Waals surface area contributed by atoms with Crippen molar-refractivity contribution in [3.05, 3.63) is 66.1 Å². The number of hydrogen-bond acceptors (Lipinski definition) is 4. The van der Waals surface area contributed by atoms with Gasteiger partial charge in [0.1, 0.15) is 17.8 Å². The van der Waals surface area contributed by atoms with Crippen LogP contribution in [-0.2, 0) is 0 Å². The fraction of sp³-hybridized carbons (Fsp3) is 0.0556. The molecule has 0 spiro atoms. The topological polar surface area (TPSA) is 52.3 Å². The Kier molecular flexibility index (Phi) is 3.24. The first kappa shape index (κ1) is 13.5. The zero-order chi connectivity index (χ0) is 15.6. The van der Waals surface area contributed by atoms with Crippen LogP contribution >= 0.6 is 0 Å². The van der Waals surface area contributed by atoms with E-state index in [4.69, 9.17) is 4.74 Å². The molecular weight excluding hydrogens is 288 g/mol. The largest absolute Gasteiger partial charge is 0.497 e. The third-order valence-corrected chi connectivity index (χ3v) is 3.71. The van der Waals surface area contributed by atoms with E-state index in [1.807, 2.05) is 65.1 Å². The number of benzene rings is 2. The second kappa shape index (κ2) is 5.53. The van der Waals surface area contributed by atoms with Gasteiger partial charge in [-0.25, -0.2) is 4.98 Å². The minimum atomic E-state index is 0.744. The molecule has 0 aliphatic carbocycles. The van der Waals surface area contributed by atoms with Gasteiger partial charge in [-0.15, -0.1) is 10.2 Å². The maximum Gasteiger partial charge on any atom is 0.187 e. The summed E-state index contributed by atoms with van der Waals surface area (Å²) in [5.74, 6) is 0.839. The molecule has 4 aromatic rings. The van der Waals surface area contributed by atoms with Crippen LogP contribution in [0.15, 0.2) is 54.9 Å². The van der Waals surface area contributed by atoms with Crippen molar-refractivity contribution in [2.24, 2.45) is 0 Å². The highest BCUT2D eigenvalue weighted by Crippen LogP contribution is 2.19. The summed E-state index contributed by atoms with van der Waals surface area (Å²) in [5, 5.41) is 8.20. The van der Waals surface area contributed by atoms with E-state index in [-0.39, 0.29) is 0 Å². The van der Waals surface area contributed by atoms with Crippen LogP contribution in [0.25, 0.3) is 28.8 Å². The van der Waals surface area contributed by atoms with Gasteiger partial charge in [0.15, 0.2) is 5.65 Å². The van der Waals surface area contributed by atoms with Crippen molar-refractivity contribution in [2.45, 2.75) is 0 Å². The lowest BCUT2D eigenvalue weighted by Gasteiger charge is -2.03. The van der Waals surface area contributed by atoms with E-state index in [1.165, 1.54) is 0 Å². The van der Waals surface area contributed by atoms with Gasteiger partial charge in [0.05, 0.1) is 18.1 Å². The highest BCUT2D eigenvalue weighted by atomic mass is 16.5. The molecule has 0 bridgehead atoms. The fourth-order valence-corrected chi connectivity index (χ4v) is 2.53. The van der Waals surface area contributed by atoms with Gasteiger partial charge >= 0.3 is 0 Å². The SMILES string of the molecule is COc1ccc(/C=C/c2nc3ccccc3n3cnnc23)cc1. The first-order valence-electron chi connectivity index (χ1n) is 7.26. The molecule has 2 aromatic heterocycles. The molecule has 0 N–H and O–H groups in total. The third kappa shape index (κ3) is 2.42. The van der Waals surface area contributed by atoms with Gasteiger partial charge in [-0.3, -0.25) is 4.40 Å². The molecule has 0 saturated carbocycles. The van der Waals surface area contributed by atoms with Crippen LogP contribution in [0.3, 0.4) is 0 Å². The van der Waals surface area contributed by atoms with E-state index in [2.05, 4.69) is 15.2 Å². The van der Waals surface area contributed by atoms with Gasteiger partial charge in [-0.1, -0.05) is 30.3 Å². The molecule has 0 aliphatic heterocycles. The lowest BCUT2D eigenvalue weighted by Crippen LogP contribution is -1.94. The van der Waals surface area contributed by atoms with E-state index < -0.39 is 0 Å². The molecule has 0 atom stereocenters. The molecule has 0 unspecified atom stereocenters. The van der Waals surface area contributed by atoms with Crippen LogP contribution in [0.4, 0.5) is 0 Å². The smallest absolute Gasteiger partial charge is 0.187 e. The number of fused-ring (bicyclic) bond motifs is 3. The summed E-state index contributed by atoms with van der Waals surface area (Å²) in [4.78, 5) is 4.69. The molecule has 4 rings (SSSR count). The normalized spacial score (nSPS) is 11.5. The first-order valence-corrected chi connectivity index (χ1v) is 7.26. The summed E-state index contributed by atoms with van der Waals surface area (Å²) in [5.41, 5.74) is 4.51. The maximum absolute atomic E-state index is 5.17. The highest BCUT2D eigenvalue weighted by Gasteiger charge is 2.07. The van der Waals surface area contributed by atoms with Crippen LogP contribution in [-0.4, -0.2) is 26.7 Å². The third-order valence-electron chi connectivity index (χ3n) is 3.71. The van der Waals surface area contributed by atoms with Gasteiger partial charge in [-0.05, 0) is 35.9 Å². The number of ether oxygens (including phenoxy) is 1. The number of aromatic nitrogens is 4. The quantitative estimate of drug-likeness (QED) is 0.581. The molecule has 2 heterocycles. The summed E-state index contributed by atoms with van der Waals surface area (Å²) < 4.78 is 7.12. The minimum Gasteiger partial charge on any atom is -0.497 e. The van der Waals surface area contributed by atoms with E-state index in [9.17, 15) is 0 Å². The zero-order valence-electron chi connectivity index (χ0n) is 12.5. The average molecular weight is 302 g/mol. The van der Waals surface area contributed by atoms with Crippen molar-refractivity contribution in [3.63, 3.8) is 0 Å². The number of hydrogen-bond donors (Lipinski definition) is 0. The summed E-state index contributed by atoms with van der Waals surface area (Å²) in [6, 6.07) is 15.8. The van der Waals surface area contributed by atoms with Crippen molar-refractivity contribution in [1.82, 2.24) is 19.6 Å². The van der Waals surface area contributed by atoms with Gasteiger partial charge in [0, 0.05) is 0 Å². The first-order chi connectivity index (χ1) is 11.3. The standard InChI is InChI=1S/C18H14N4O/c1-23-14-9-6-13(7-10-14)8-11-16-18-21-19-12-22(18)17-5-3-2-4-15(17)20-16/h2-12H,1H3/b11-8+. The number of rotatable bonds is 3. The predicted molar refractivity (Wildman–Crippen MR) is 90.2 cm³/mol. The minimum absolute atomic E-state index is 0.744. The van der Waals surface area contributed by atoms with Crippen molar-refractivity contribution in [1.29, 1.82) is 0 Å². The van der Waals surface area contributed by atoms with Crippen molar-refractivity contribution < 1.29 is 4.74 Å². The van der Waals surface area contributed by atoms with E-state index in [0.717, 1.165) is 33.7 Å². The van der Waals surface area contributed by atoms with E-state index in [1.54, 1.807) is 13.4 Å². The molecule has 5 nitrogen and oxygen atoms in total. The van der Waals surface area contributed by atoms with Crippen LogP contribution in [0.5, 0.6) is 5.75 Å². The Morgan fingerprint density at radius 2 is 1.83 bits per heavy atom. The average Bonchev–Trinajstić information content (AvgIpc) is 3.10. The molecule has 0 amide bonds. The highest BCUT2D eigenvalue weighted by molar-refractivity contribution is 5.83. The van der Waals surface area contributed by atoms with E-state index in [0.29, 0.717) is 0 Å². The van der Waals surface area contributed by atoms with Gasteiger partial charge in [0.25, 0.3) is 0 Å². The lowest BCUT2D eigenvalue weighted by atomic mass is 10.2. The molecule has 0 aliphatic rings. The molecule has 2 aromatic carbocycles. The second-order valence-electron chi connectivity index (χ2n) is 5.12. The van der Waals surface area contributed by atoms with Crippen molar-refractivity contribution in [3.8, 4) is 5.75 Å². The molecule has 0 saturated heterocycles. The molecule has 0 radical (unpaired) electrons. The molecule has 5 heteroatoms. The summed E-state index contributed by atoms with van der Waals surface area (Å²) in [7, 11) is 1.66. The number of para-hydroxylation sites is 2. The Labute approximate surface area is 132 Å². The van der Waals surface area contributed by atoms with Crippen LogP contribution in [0.2, 0.25) is 0 Å². The summed E-state index contributed by atoms with van der Waals surface area (Å²) in [6.07, 6.45) is 5.67. The Balaban J connectivity index is 1.80. The van der Waals surface area contributed by atoms with E-state index >= 15 is 0 Å². The summed E-state index contributed by atoms with van der Waals surface area (Å²) >= 11 is 0. The number of methoxy groups -OCH3 is 1. The predicted octanol–water partition coefficient (Wildman–Crippen LogP) is 3.46. The Bertz CT molecular complexity index is 1000. The monoisotopic (exact) mass is 302 g/mol. The molecular formula is C18H14N4O. The maximum atomic E-state index is 5.17. The Morgan fingerprint density at radius 1 is 1.00 bits per heavy atom. The Morgan fingerprint density at radius 3 is 2.65 bits per heavy atom. The number of nitrogens with zero attached hydrogens (tertiary/aromatic N) is 4. The second-order valence-corrected chi connectivity index (χ2v) is 5.12. The lowest BCUT2D eigenvalue weighted by molar-refractivity contribution is 0.415. The van der Waals surface area contributed by atoms with Crippen LogP contribution < -0.4 is 4.74 Å². The molecule has 112 valence electrons. The van der Waals surface area contributed by atoms with Crippen LogP contribution in [0.1, 0.15) is 11.3 Å². The molecule has 0 fully saturated rings. The Hall–Kier alpha value is -3.21. The van der Waals surface area contributed by atoms with Gasteiger partial charge in [-0.2, -0.15) is 0 Å². The van der Waals surface area contributed by atoms with Crippen molar-refractivity contribution in [2.75, 3.05) is 7.11 Å². The van der Waals surface area contributed by atoms with Gasteiger partial charge < -0.3 is 4.74 Å². The fourth-order valence-electron chi connectivity index (χ4n) is 2.53.